The highest BCUT2D eigenvalue weighted by atomic mass is 32.1. The Labute approximate surface area is 119 Å². The van der Waals surface area contributed by atoms with Gasteiger partial charge in [-0.3, -0.25) is 0 Å². The molecule has 1 unspecified atom stereocenters. The zero-order valence-corrected chi connectivity index (χ0v) is 12.8. The minimum absolute atomic E-state index is 0.0505. The van der Waals surface area contributed by atoms with Crippen LogP contribution in [0.1, 0.15) is 40.8 Å². The van der Waals surface area contributed by atoms with Gasteiger partial charge in [0, 0.05) is 9.75 Å². The molecule has 0 aliphatic rings. The summed E-state index contributed by atoms with van der Waals surface area (Å²) in [6.45, 7) is 8.31. The average Bonchev–Trinajstić information content (AvgIpc) is 2.69. The summed E-state index contributed by atoms with van der Waals surface area (Å²) < 4.78 is 5.64. The molecule has 2 rings (SSSR count). The van der Waals surface area contributed by atoms with E-state index in [1.54, 1.807) is 11.3 Å². The Morgan fingerprint density at radius 1 is 1.11 bits per heavy atom. The third-order valence-electron chi connectivity index (χ3n) is 3.10. The van der Waals surface area contributed by atoms with E-state index in [1.807, 2.05) is 38.1 Å². The molecule has 0 saturated heterocycles. The molecule has 3 heteroatoms. The van der Waals surface area contributed by atoms with Crippen molar-refractivity contribution in [1.29, 1.82) is 0 Å². The monoisotopic (exact) mass is 275 g/mol. The number of benzene rings is 1. The first kappa shape index (κ1) is 14.1. The summed E-state index contributed by atoms with van der Waals surface area (Å²) in [5.41, 5.74) is 8.76. The molecule has 1 heterocycles. The number of rotatable bonds is 4. The Morgan fingerprint density at radius 2 is 1.74 bits per heavy atom. The number of hydrogen-bond acceptors (Lipinski definition) is 3. The van der Waals surface area contributed by atoms with Crippen LogP contribution in [0.4, 0.5) is 0 Å². The zero-order chi connectivity index (χ0) is 14.0. The van der Waals surface area contributed by atoms with Crippen molar-refractivity contribution in [2.24, 2.45) is 5.73 Å². The molecule has 1 atom stereocenters. The van der Waals surface area contributed by atoms with Crippen molar-refractivity contribution in [3.63, 3.8) is 0 Å². The van der Waals surface area contributed by atoms with E-state index in [0.29, 0.717) is 0 Å². The number of nitrogens with two attached hydrogens (primary N) is 1. The summed E-state index contributed by atoms with van der Waals surface area (Å²) in [5.74, 6) is 0.893. The highest BCUT2D eigenvalue weighted by Gasteiger charge is 2.12. The van der Waals surface area contributed by atoms with E-state index >= 15 is 0 Å². The van der Waals surface area contributed by atoms with Crippen LogP contribution in [0.25, 0.3) is 0 Å². The number of hydrogen-bond donors (Lipinski definition) is 1. The molecule has 0 saturated carbocycles. The molecule has 19 heavy (non-hydrogen) atoms. The topological polar surface area (TPSA) is 35.2 Å². The normalized spacial score (nSPS) is 12.7. The van der Waals surface area contributed by atoms with Gasteiger partial charge in [0.25, 0.3) is 0 Å². The standard InChI is InChI=1S/C16H21NOS/c1-10(2)18-14-7-5-13(6-8-14)16(17)15-9-11(3)12(4)19-15/h5-10,16H,17H2,1-4H3. The second-order valence-electron chi connectivity index (χ2n) is 5.10. The van der Waals surface area contributed by atoms with E-state index in [1.165, 1.54) is 15.3 Å². The van der Waals surface area contributed by atoms with Gasteiger partial charge in [0.2, 0.25) is 0 Å². The van der Waals surface area contributed by atoms with E-state index in [0.717, 1.165) is 11.3 Å². The van der Waals surface area contributed by atoms with Gasteiger partial charge in [0.15, 0.2) is 0 Å². The number of aryl methyl sites for hydroxylation is 2. The van der Waals surface area contributed by atoms with Gasteiger partial charge in [-0.2, -0.15) is 0 Å². The Morgan fingerprint density at radius 3 is 2.21 bits per heavy atom. The van der Waals surface area contributed by atoms with Gasteiger partial charge in [0.05, 0.1) is 12.1 Å². The molecule has 2 nitrogen and oxygen atoms in total. The second kappa shape index (κ2) is 5.76. The maximum atomic E-state index is 6.32. The third-order valence-corrected chi connectivity index (χ3v) is 4.34. The van der Waals surface area contributed by atoms with Crippen LogP contribution < -0.4 is 10.5 Å². The fourth-order valence-corrected chi connectivity index (χ4v) is 3.02. The van der Waals surface area contributed by atoms with Crippen LogP contribution in [0.15, 0.2) is 30.3 Å². The molecule has 0 spiro atoms. The lowest BCUT2D eigenvalue weighted by molar-refractivity contribution is 0.242. The summed E-state index contributed by atoms with van der Waals surface area (Å²) in [7, 11) is 0. The van der Waals surface area contributed by atoms with Crippen molar-refractivity contribution < 1.29 is 4.74 Å². The largest absolute Gasteiger partial charge is 0.491 e. The Balaban J connectivity index is 2.17. The van der Waals surface area contributed by atoms with E-state index < -0.39 is 0 Å². The highest BCUT2D eigenvalue weighted by Crippen LogP contribution is 2.29. The van der Waals surface area contributed by atoms with Crippen molar-refractivity contribution in [3.05, 3.63) is 51.2 Å². The molecule has 0 amide bonds. The SMILES string of the molecule is Cc1cc(C(N)c2ccc(OC(C)C)cc2)sc1C. The lowest BCUT2D eigenvalue weighted by Crippen LogP contribution is -2.10. The van der Waals surface area contributed by atoms with Gasteiger partial charge < -0.3 is 10.5 Å². The average molecular weight is 275 g/mol. The summed E-state index contributed by atoms with van der Waals surface area (Å²) >= 11 is 1.78. The Kier molecular flexibility index (Phi) is 4.27. The predicted molar refractivity (Wildman–Crippen MR) is 82.0 cm³/mol. The van der Waals surface area contributed by atoms with Crippen molar-refractivity contribution in [3.8, 4) is 5.75 Å². The predicted octanol–water partition coefficient (Wildman–Crippen LogP) is 4.20. The van der Waals surface area contributed by atoms with E-state index in [4.69, 9.17) is 10.5 Å². The first-order chi connectivity index (χ1) is 8.97. The Bertz CT molecular complexity index is 523. The smallest absolute Gasteiger partial charge is 0.119 e. The Hall–Kier alpha value is -1.32. The molecule has 0 fully saturated rings. The summed E-state index contributed by atoms with van der Waals surface area (Å²) in [5, 5.41) is 0. The first-order valence-corrected chi connectivity index (χ1v) is 7.38. The summed E-state index contributed by atoms with van der Waals surface area (Å²) in [4.78, 5) is 2.55. The molecule has 0 bridgehead atoms. The van der Waals surface area contributed by atoms with Crippen LogP contribution in [0.5, 0.6) is 5.75 Å². The van der Waals surface area contributed by atoms with Gasteiger partial charge in [-0.1, -0.05) is 12.1 Å². The van der Waals surface area contributed by atoms with Gasteiger partial charge in [-0.15, -0.1) is 11.3 Å². The van der Waals surface area contributed by atoms with Gasteiger partial charge in [-0.25, -0.2) is 0 Å². The van der Waals surface area contributed by atoms with Crippen LogP contribution >= 0.6 is 11.3 Å². The maximum Gasteiger partial charge on any atom is 0.119 e. The quantitative estimate of drug-likeness (QED) is 0.907. The first-order valence-electron chi connectivity index (χ1n) is 6.56. The van der Waals surface area contributed by atoms with Gasteiger partial charge in [-0.05, 0) is 57.0 Å². The number of ether oxygens (including phenoxy) is 1. The van der Waals surface area contributed by atoms with Gasteiger partial charge in [0.1, 0.15) is 5.75 Å². The maximum absolute atomic E-state index is 6.32. The molecule has 102 valence electrons. The highest BCUT2D eigenvalue weighted by molar-refractivity contribution is 7.12. The van der Waals surface area contributed by atoms with Crippen molar-refractivity contribution >= 4 is 11.3 Å². The molecule has 0 aliphatic carbocycles. The van der Waals surface area contributed by atoms with Gasteiger partial charge >= 0.3 is 0 Å². The van der Waals surface area contributed by atoms with Crippen molar-refractivity contribution in [2.45, 2.75) is 39.8 Å². The van der Waals surface area contributed by atoms with E-state index in [2.05, 4.69) is 19.9 Å². The molecular formula is C16H21NOS. The van der Waals surface area contributed by atoms with Crippen LogP contribution in [-0.4, -0.2) is 6.10 Å². The third kappa shape index (κ3) is 3.37. The molecule has 1 aromatic carbocycles. The van der Waals surface area contributed by atoms with Crippen molar-refractivity contribution in [2.75, 3.05) is 0 Å². The molecule has 1 aromatic heterocycles. The van der Waals surface area contributed by atoms with Crippen LogP contribution in [0, 0.1) is 13.8 Å². The van der Waals surface area contributed by atoms with Crippen LogP contribution in [0.2, 0.25) is 0 Å². The van der Waals surface area contributed by atoms with E-state index in [9.17, 15) is 0 Å². The molecular weight excluding hydrogens is 254 g/mol. The zero-order valence-electron chi connectivity index (χ0n) is 11.9. The van der Waals surface area contributed by atoms with Crippen molar-refractivity contribution in [1.82, 2.24) is 0 Å². The number of thiophene rings is 1. The molecule has 0 radical (unpaired) electrons. The molecule has 0 aliphatic heterocycles. The summed E-state index contributed by atoms with van der Waals surface area (Å²) in [6, 6.07) is 10.2. The lowest BCUT2D eigenvalue weighted by Gasteiger charge is -2.13. The molecule has 2 aromatic rings. The fourth-order valence-electron chi connectivity index (χ4n) is 1.95. The molecule has 2 N–H and O–H groups in total. The summed E-state index contributed by atoms with van der Waals surface area (Å²) in [6.07, 6.45) is 0.196. The minimum atomic E-state index is -0.0505. The minimum Gasteiger partial charge on any atom is -0.491 e. The lowest BCUT2D eigenvalue weighted by atomic mass is 10.1. The van der Waals surface area contributed by atoms with E-state index in [-0.39, 0.29) is 12.1 Å². The van der Waals surface area contributed by atoms with Crippen LogP contribution in [-0.2, 0) is 0 Å². The van der Waals surface area contributed by atoms with Crippen LogP contribution in [0.3, 0.4) is 0 Å². The fraction of sp³-hybridized carbons (Fsp3) is 0.375. The second-order valence-corrected chi connectivity index (χ2v) is 6.39.